The van der Waals surface area contributed by atoms with Crippen LogP contribution in [0.25, 0.3) is 33.4 Å². The van der Waals surface area contributed by atoms with Crippen molar-refractivity contribution in [3.05, 3.63) is 232 Å². The van der Waals surface area contributed by atoms with E-state index in [4.69, 9.17) is 0 Å². The second-order valence-corrected chi connectivity index (χ2v) is 15.9. The molecular formula is C57H57N. The molecule has 0 N–H and O–H groups in total. The van der Waals surface area contributed by atoms with E-state index in [0.717, 1.165) is 0 Å². The van der Waals surface area contributed by atoms with Crippen molar-refractivity contribution in [2.24, 2.45) is 0 Å². The van der Waals surface area contributed by atoms with Gasteiger partial charge in [0.1, 0.15) is 0 Å². The molecule has 1 nitrogen and oxygen atoms in total. The van der Waals surface area contributed by atoms with Gasteiger partial charge in [0.25, 0.3) is 0 Å². The van der Waals surface area contributed by atoms with Gasteiger partial charge >= 0.3 is 0 Å². The molecule has 8 aromatic carbocycles. The smallest absolute Gasteiger partial charge is 0.0461 e. The van der Waals surface area contributed by atoms with Gasteiger partial charge in [0, 0.05) is 17.1 Å². The van der Waals surface area contributed by atoms with E-state index >= 15 is 0 Å². The van der Waals surface area contributed by atoms with E-state index < -0.39 is 0 Å². The van der Waals surface area contributed by atoms with Crippen molar-refractivity contribution in [2.75, 3.05) is 4.90 Å². The minimum atomic E-state index is 1.18. The molecule has 290 valence electrons. The fraction of sp³-hybridized carbons (Fsp3) is 0.158. The Morgan fingerprint density at radius 3 is 0.586 bits per heavy atom. The summed E-state index contributed by atoms with van der Waals surface area (Å²) in [5, 5.41) is 0. The third-order valence-corrected chi connectivity index (χ3v) is 10.3. The van der Waals surface area contributed by atoms with E-state index in [1.807, 2.05) is 0 Å². The summed E-state index contributed by atoms with van der Waals surface area (Å²) in [5.74, 6) is 0. The van der Waals surface area contributed by atoms with Crippen molar-refractivity contribution in [1.82, 2.24) is 0 Å². The molecule has 0 aliphatic heterocycles. The van der Waals surface area contributed by atoms with Crippen LogP contribution in [0.5, 0.6) is 0 Å². The molecular weight excluding hydrogens is 699 g/mol. The Labute approximate surface area is 348 Å². The number of aryl methyl sites for hydroxylation is 9. The van der Waals surface area contributed by atoms with Gasteiger partial charge in [0.2, 0.25) is 0 Å². The monoisotopic (exact) mass is 755 g/mol. The molecule has 8 aromatic rings. The molecule has 0 aliphatic carbocycles. The average molecular weight is 756 g/mol. The van der Waals surface area contributed by atoms with Crippen LogP contribution in [0, 0.1) is 62.3 Å². The van der Waals surface area contributed by atoms with Crippen LogP contribution in [0.4, 0.5) is 17.1 Å². The largest absolute Gasteiger partial charge is 0.311 e. The Morgan fingerprint density at radius 2 is 0.379 bits per heavy atom. The third-order valence-electron chi connectivity index (χ3n) is 10.3. The maximum Gasteiger partial charge on any atom is 0.0461 e. The molecule has 0 saturated carbocycles. The molecule has 1 heteroatoms. The minimum Gasteiger partial charge on any atom is -0.311 e. The number of nitrogens with zero attached hydrogens (tertiary/aromatic N) is 1. The summed E-state index contributed by atoms with van der Waals surface area (Å²) in [6, 6.07) is 65.8. The van der Waals surface area contributed by atoms with E-state index in [1.54, 1.807) is 0 Å². The van der Waals surface area contributed by atoms with Crippen molar-refractivity contribution in [3.8, 4) is 33.4 Å². The zero-order valence-electron chi connectivity index (χ0n) is 35.8. The second kappa shape index (κ2) is 19.1. The van der Waals surface area contributed by atoms with Crippen LogP contribution < -0.4 is 4.90 Å². The average Bonchev–Trinajstić information content (AvgIpc) is 3.21. The SMILES string of the molecule is Cc1cc(C)cc(C)c1.Cc1ccc(-c2cc(-c3ccc(C)cc3)cc(-c3ccc(C)cc3)c2)cc1.Cc1ccc(N(c2ccc(C)cc2)c2ccc(C)cc2)cc1. The van der Waals surface area contributed by atoms with Gasteiger partial charge in [0.05, 0.1) is 0 Å². The molecule has 0 fully saturated rings. The summed E-state index contributed by atoms with van der Waals surface area (Å²) in [5.41, 5.74) is 22.8. The van der Waals surface area contributed by atoms with Crippen LogP contribution in [-0.2, 0) is 0 Å². The van der Waals surface area contributed by atoms with E-state index in [1.165, 1.54) is 101 Å². The Balaban J connectivity index is 0.000000164. The third kappa shape index (κ3) is 11.3. The quantitative estimate of drug-likeness (QED) is 0.163. The van der Waals surface area contributed by atoms with E-state index in [-0.39, 0.29) is 0 Å². The number of hydrogen-bond acceptors (Lipinski definition) is 1. The fourth-order valence-corrected chi connectivity index (χ4v) is 7.10. The van der Waals surface area contributed by atoms with Crippen LogP contribution in [0.1, 0.15) is 50.1 Å². The molecule has 58 heavy (non-hydrogen) atoms. The number of benzene rings is 8. The van der Waals surface area contributed by atoms with Gasteiger partial charge in [-0.15, -0.1) is 0 Å². The Kier molecular flexibility index (Phi) is 13.6. The maximum atomic E-state index is 2.30. The summed E-state index contributed by atoms with van der Waals surface area (Å²) in [6.45, 7) is 19.1. The molecule has 0 saturated heterocycles. The first-order chi connectivity index (χ1) is 27.9. The van der Waals surface area contributed by atoms with Gasteiger partial charge in [-0.3, -0.25) is 0 Å². The van der Waals surface area contributed by atoms with Crippen LogP contribution in [0.2, 0.25) is 0 Å². The maximum absolute atomic E-state index is 2.30. The normalized spacial score (nSPS) is 10.5. The van der Waals surface area contributed by atoms with Crippen LogP contribution in [-0.4, -0.2) is 0 Å². The summed E-state index contributed by atoms with van der Waals surface area (Å²) in [6.07, 6.45) is 0. The first-order valence-corrected chi connectivity index (χ1v) is 20.3. The zero-order chi connectivity index (χ0) is 41.2. The molecule has 0 spiro atoms. The van der Waals surface area contributed by atoms with Crippen LogP contribution in [0.15, 0.2) is 182 Å². The molecule has 0 bridgehead atoms. The minimum absolute atomic E-state index is 1.18. The lowest BCUT2D eigenvalue weighted by Crippen LogP contribution is -2.09. The lowest BCUT2D eigenvalue weighted by Gasteiger charge is -2.25. The highest BCUT2D eigenvalue weighted by atomic mass is 15.1. The predicted molar refractivity (Wildman–Crippen MR) is 253 cm³/mol. The standard InChI is InChI=1S/C27H24.C21H21N.C9H12/c1-19-4-10-22(11-5-19)25-16-26(23-12-6-20(2)7-13-23)18-27(17-25)24-14-8-21(3)9-15-24;1-16-4-10-19(11-5-16)22(20-12-6-17(2)7-13-20)21-14-8-18(3)9-15-21;1-7-4-8(2)6-9(3)5-7/h4-18H,1-3H3;4-15H,1-3H3;4-6H,1-3H3. The van der Waals surface area contributed by atoms with Crippen molar-refractivity contribution in [1.29, 1.82) is 0 Å². The topological polar surface area (TPSA) is 3.24 Å². The molecule has 0 aliphatic rings. The lowest BCUT2D eigenvalue weighted by molar-refractivity contribution is 1.26. The van der Waals surface area contributed by atoms with E-state index in [0.29, 0.717) is 0 Å². The summed E-state index contributed by atoms with van der Waals surface area (Å²) < 4.78 is 0. The number of rotatable bonds is 6. The van der Waals surface area contributed by atoms with Crippen LogP contribution >= 0.6 is 0 Å². The molecule has 0 amide bonds. The lowest BCUT2D eigenvalue weighted by atomic mass is 9.92. The first kappa shape index (κ1) is 41.2. The van der Waals surface area contributed by atoms with E-state index in [9.17, 15) is 0 Å². The van der Waals surface area contributed by atoms with Gasteiger partial charge in [0.15, 0.2) is 0 Å². The molecule has 0 atom stereocenters. The molecule has 0 aromatic heterocycles. The highest BCUT2D eigenvalue weighted by Gasteiger charge is 2.12. The molecule has 0 heterocycles. The fourth-order valence-electron chi connectivity index (χ4n) is 7.10. The van der Waals surface area contributed by atoms with Gasteiger partial charge in [-0.1, -0.05) is 177 Å². The number of anilines is 3. The molecule has 0 radical (unpaired) electrons. The highest BCUT2D eigenvalue weighted by molar-refractivity contribution is 5.81. The summed E-state index contributed by atoms with van der Waals surface area (Å²) in [4.78, 5) is 2.29. The van der Waals surface area contributed by atoms with Crippen molar-refractivity contribution >= 4 is 17.1 Å². The Bertz CT molecular complexity index is 2210. The van der Waals surface area contributed by atoms with Crippen molar-refractivity contribution in [2.45, 2.75) is 62.3 Å². The van der Waals surface area contributed by atoms with Gasteiger partial charge < -0.3 is 4.90 Å². The Morgan fingerprint density at radius 1 is 0.190 bits per heavy atom. The van der Waals surface area contributed by atoms with Gasteiger partial charge in [-0.2, -0.15) is 0 Å². The van der Waals surface area contributed by atoms with Crippen molar-refractivity contribution in [3.63, 3.8) is 0 Å². The second-order valence-electron chi connectivity index (χ2n) is 15.9. The highest BCUT2D eigenvalue weighted by Crippen LogP contribution is 2.35. The first-order valence-electron chi connectivity index (χ1n) is 20.3. The van der Waals surface area contributed by atoms with Gasteiger partial charge in [-0.25, -0.2) is 0 Å². The van der Waals surface area contributed by atoms with E-state index in [2.05, 4.69) is 249 Å². The molecule has 0 unspecified atom stereocenters. The summed E-state index contributed by atoms with van der Waals surface area (Å²) >= 11 is 0. The molecule has 8 rings (SSSR count). The Hall–Kier alpha value is -6.44. The number of hydrogen-bond donors (Lipinski definition) is 0. The van der Waals surface area contributed by atoms with Gasteiger partial charge in [-0.05, 0) is 150 Å². The zero-order valence-corrected chi connectivity index (χ0v) is 35.8. The van der Waals surface area contributed by atoms with Crippen LogP contribution in [0.3, 0.4) is 0 Å². The summed E-state index contributed by atoms with van der Waals surface area (Å²) in [7, 11) is 0. The predicted octanol–water partition coefficient (Wildman–Crippen LogP) is 16.3. The van der Waals surface area contributed by atoms with Crippen molar-refractivity contribution < 1.29 is 0 Å².